The van der Waals surface area contributed by atoms with Crippen LogP contribution in [0.2, 0.25) is 0 Å². The van der Waals surface area contributed by atoms with E-state index in [1.54, 1.807) is 21.1 Å². The molecule has 0 atom stereocenters. The van der Waals surface area contributed by atoms with Gasteiger partial charge in [0.2, 0.25) is 0 Å². The SMILES string of the molecule is COc1cccc(/C=C(C)\C(C)=N\O)c1OC. The van der Waals surface area contributed by atoms with E-state index in [1.165, 1.54) is 0 Å². The van der Waals surface area contributed by atoms with Crippen molar-refractivity contribution < 1.29 is 14.7 Å². The molecule has 0 fully saturated rings. The lowest BCUT2D eigenvalue weighted by atomic mass is 10.1. The summed E-state index contributed by atoms with van der Waals surface area (Å²) < 4.78 is 10.5. The first-order valence-corrected chi connectivity index (χ1v) is 5.22. The van der Waals surface area contributed by atoms with Gasteiger partial charge in [-0.3, -0.25) is 0 Å². The lowest BCUT2D eigenvalue weighted by molar-refractivity contribution is 0.319. The zero-order chi connectivity index (χ0) is 12.8. The summed E-state index contributed by atoms with van der Waals surface area (Å²) in [5.74, 6) is 1.34. The summed E-state index contributed by atoms with van der Waals surface area (Å²) in [6.45, 7) is 3.60. The molecule has 0 saturated heterocycles. The van der Waals surface area contributed by atoms with Crippen LogP contribution in [0.1, 0.15) is 19.4 Å². The number of allylic oxidation sites excluding steroid dienone is 1. The molecule has 92 valence electrons. The van der Waals surface area contributed by atoms with Gasteiger partial charge in [-0.2, -0.15) is 0 Å². The Balaban J connectivity index is 3.23. The first kappa shape index (κ1) is 13.1. The van der Waals surface area contributed by atoms with Gasteiger partial charge in [-0.1, -0.05) is 17.3 Å². The molecule has 0 heterocycles. The van der Waals surface area contributed by atoms with Crippen molar-refractivity contribution in [2.75, 3.05) is 14.2 Å². The maximum absolute atomic E-state index is 8.70. The highest BCUT2D eigenvalue weighted by Crippen LogP contribution is 2.32. The highest BCUT2D eigenvalue weighted by atomic mass is 16.5. The second-order valence-corrected chi connectivity index (χ2v) is 3.60. The average molecular weight is 235 g/mol. The summed E-state index contributed by atoms with van der Waals surface area (Å²) in [5.41, 5.74) is 2.31. The lowest BCUT2D eigenvalue weighted by Gasteiger charge is -2.10. The molecule has 17 heavy (non-hydrogen) atoms. The first-order valence-electron chi connectivity index (χ1n) is 5.22. The molecule has 0 bridgehead atoms. The van der Waals surface area contributed by atoms with Crippen molar-refractivity contribution in [3.63, 3.8) is 0 Å². The molecule has 0 saturated carbocycles. The van der Waals surface area contributed by atoms with E-state index < -0.39 is 0 Å². The lowest BCUT2D eigenvalue weighted by Crippen LogP contribution is -1.96. The highest BCUT2D eigenvalue weighted by molar-refractivity contribution is 6.01. The van der Waals surface area contributed by atoms with Crippen molar-refractivity contribution in [3.8, 4) is 11.5 Å². The average Bonchev–Trinajstić information content (AvgIpc) is 2.37. The van der Waals surface area contributed by atoms with Gasteiger partial charge < -0.3 is 14.7 Å². The van der Waals surface area contributed by atoms with Crippen LogP contribution < -0.4 is 9.47 Å². The van der Waals surface area contributed by atoms with Crippen LogP contribution in [0, 0.1) is 0 Å². The van der Waals surface area contributed by atoms with Crippen LogP contribution in [0.3, 0.4) is 0 Å². The Morgan fingerprint density at radius 3 is 2.47 bits per heavy atom. The fourth-order valence-electron chi connectivity index (χ4n) is 1.44. The molecule has 0 aromatic heterocycles. The number of hydrogen-bond acceptors (Lipinski definition) is 4. The van der Waals surface area contributed by atoms with Crippen molar-refractivity contribution in [2.45, 2.75) is 13.8 Å². The fraction of sp³-hybridized carbons (Fsp3) is 0.308. The van der Waals surface area contributed by atoms with Crippen molar-refractivity contribution in [3.05, 3.63) is 29.3 Å². The van der Waals surface area contributed by atoms with Gasteiger partial charge >= 0.3 is 0 Å². The van der Waals surface area contributed by atoms with Crippen molar-refractivity contribution in [1.29, 1.82) is 0 Å². The first-order chi connectivity index (χ1) is 8.13. The molecule has 1 aromatic carbocycles. The summed E-state index contributed by atoms with van der Waals surface area (Å²) in [7, 11) is 3.19. The second kappa shape index (κ2) is 5.94. The highest BCUT2D eigenvalue weighted by Gasteiger charge is 2.08. The number of methoxy groups -OCH3 is 2. The molecule has 1 aromatic rings. The molecular weight excluding hydrogens is 218 g/mol. The van der Waals surface area contributed by atoms with Crippen LogP contribution in [-0.4, -0.2) is 25.1 Å². The number of hydrogen-bond donors (Lipinski definition) is 1. The van der Waals surface area contributed by atoms with Crippen molar-refractivity contribution in [1.82, 2.24) is 0 Å². The predicted molar refractivity (Wildman–Crippen MR) is 68.1 cm³/mol. The van der Waals surface area contributed by atoms with E-state index in [4.69, 9.17) is 14.7 Å². The number of nitrogens with zero attached hydrogens (tertiary/aromatic N) is 1. The standard InChI is InChI=1S/C13H17NO3/c1-9(10(2)14-15)8-11-6-5-7-12(16-3)13(11)17-4/h5-8,15H,1-4H3/b9-8-,14-10+. The Labute approximate surface area is 101 Å². The Morgan fingerprint density at radius 1 is 1.24 bits per heavy atom. The van der Waals surface area contributed by atoms with Gasteiger partial charge in [0.1, 0.15) is 0 Å². The molecule has 4 heteroatoms. The van der Waals surface area contributed by atoms with Gasteiger partial charge in [0.25, 0.3) is 0 Å². The molecule has 0 amide bonds. The van der Waals surface area contributed by atoms with E-state index in [2.05, 4.69) is 5.16 Å². The van der Waals surface area contributed by atoms with E-state index in [-0.39, 0.29) is 0 Å². The topological polar surface area (TPSA) is 51.0 Å². The van der Waals surface area contributed by atoms with E-state index in [9.17, 15) is 0 Å². The van der Waals surface area contributed by atoms with Crippen molar-refractivity contribution >= 4 is 11.8 Å². The number of benzene rings is 1. The summed E-state index contributed by atoms with van der Waals surface area (Å²) in [6.07, 6.45) is 1.89. The van der Waals surface area contributed by atoms with Gasteiger partial charge in [-0.15, -0.1) is 0 Å². The van der Waals surface area contributed by atoms with E-state index >= 15 is 0 Å². The third-order valence-electron chi connectivity index (χ3n) is 2.53. The monoisotopic (exact) mass is 235 g/mol. The number of ether oxygens (including phenoxy) is 2. The smallest absolute Gasteiger partial charge is 0.167 e. The Bertz CT molecular complexity index is 450. The normalized spacial score (nSPS) is 12.5. The van der Waals surface area contributed by atoms with Gasteiger partial charge in [-0.25, -0.2) is 0 Å². The van der Waals surface area contributed by atoms with Crippen LogP contribution >= 0.6 is 0 Å². The number of rotatable bonds is 4. The fourth-order valence-corrected chi connectivity index (χ4v) is 1.44. The van der Waals surface area contributed by atoms with Crippen molar-refractivity contribution in [2.24, 2.45) is 5.16 Å². The maximum Gasteiger partial charge on any atom is 0.167 e. The predicted octanol–water partition coefficient (Wildman–Crippen LogP) is 2.96. The Kier molecular flexibility index (Phi) is 4.57. The van der Waals surface area contributed by atoms with Crippen LogP contribution in [0.4, 0.5) is 0 Å². The minimum Gasteiger partial charge on any atom is -0.493 e. The summed E-state index contributed by atoms with van der Waals surface area (Å²) >= 11 is 0. The minimum atomic E-state index is 0.565. The molecular formula is C13H17NO3. The van der Waals surface area contributed by atoms with Gasteiger partial charge in [0.15, 0.2) is 11.5 Å². The number of para-hydroxylation sites is 1. The molecule has 4 nitrogen and oxygen atoms in total. The van der Waals surface area contributed by atoms with Crippen LogP contribution in [0.25, 0.3) is 6.08 Å². The van der Waals surface area contributed by atoms with Gasteiger partial charge in [0.05, 0.1) is 19.9 Å². The quantitative estimate of drug-likeness (QED) is 0.496. The van der Waals surface area contributed by atoms with E-state index in [1.807, 2.05) is 31.2 Å². The molecule has 0 aliphatic rings. The number of oxime groups is 1. The second-order valence-electron chi connectivity index (χ2n) is 3.60. The van der Waals surface area contributed by atoms with E-state index in [0.717, 1.165) is 11.1 Å². The van der Waals surface area contributed by atoms with E-state index in [0.29, 0.717) is 17.2 Å². The zero-order valence-corrected chi connectivity index (χ0v) is 10.5. The molecule has 0 radical (unpaired) electrons. The van der Waals surface area contributed by atoms with Crippen LogP contribution in [0.15, 0.2) is 28.9 Å². The Morgan fingerprint density at radius 2 is 1.94 bits per heavy atom. The molecule has 1 rings (SSSR count). The molecule has 1 N–H and O–H groups in total. The van der Waals surface area contributed by atoms with Crippen LogP contribution in [-0.2, 0) is 0 Å². The molecule has 0 spiro atoms. The van der Waals surface area contributed by atoms with Gasteiger partial charge in [-0.05, 0) is 31.6 Å². The zero-order valence-electron chi connectivity index (χ0n) is 10.5. The molecule has 0 unspecified atom stereocenters. The molecule has 0 aliphatic carbocycles. The van der Waals surface area contributed by atoms with Crippen LogP contribution in [0.5, 0.6) is 11.5 Å². The maximum atomic E-state index is 8.70. The third-order valence-corrected chi connectivity index (χ3v) is 2.53. The Hall–Kier alpha value is -1.97. The summed E-state index contributed by atoms with van der Waals surface area (Å²) in [5, 5.41) is 11.9. The summed E-state index contributed by atoms with van der Waals surface area (Å²) in [6, 6.07) is 5.62. The molecule has 0 aliphatic heterocycles. The van der Waals surface area contributed by atoms with Gasteiger partial charge in [0, 0.05) is 5.56 Å². The summed E-state index contributed by atoms with van der Waals surface area (Å²) in [4.78, 5) is 0. The minimum absolute atomic E-state index is 0.565. The largest absolute Gasteiger partial charge is 0.493 e. The third kappa shape index (κ3) is 3.00.